The maximum Gasteiger partial charge on any atom is 0.225 e. The van der Waals surface area contributed by atoms with Crippen molar-refractivity contribution in [2.45, 2.75) is 18.5 Å². The molecule has 1 amide bonds. The molecule has 1 aliphatic rings. The molecular weight excluding hydrogens is 323 g/mol. The molecule has 7 nitrogen and oxygen atoms in total. The van der Waals surface area contributed by atoms with E-state index in [4.69, 9.17) is 0 Å². The van der Waals surface area contributed by atoms with Gasteiger partial charge in [-0.1, -0.05) is 6.07 Å². The summed E-state index contributed by atoms with van der Waals surface area (Å²) in [5.74, 6) is 0.0151. The molecule has 4 rings (SSSR count). The first-order chi connectivity index (χ1) is 12.1. The lowest BCUT2D eigenvalue weighted by Crippen LogP contribution is -2.31. The summed E-state index contributed by atoms with van der Waals surface area (Å²) in [5, 5.41) is 7.78. The molecule has 3 aromatic rings. The SMILES string of the molecule is CN1C(=O)C[C@@H](Nc2ncnc3cccc(F)c23)[C@@H]1c1ccnn1C. The molecule has 128 valence electrons. The number of aromatic nitrogens is 4. The number of amides is 1. The molecular formula is C17H17FN6O. The van der Waals surface area contributed by atoms with Crippen molar-refractivity contribution in [3.05, 3.63) is 48.3 Å². The molecule has 0 unspecified atom stereocenters. The summed E-state index contributed by atoms with van der Waals surface area (Å²) >= 11 is 0. The van der Waals surface area contributed by atoms with Crippen LogP contribution in [0.2, 0.25) is 0 Å². The number of nitrogens with zero attached hydrogens (tertiary/aromatic N) is 5. The molecule has 1 saturated heterocycles. The Balaban J connectivity index is 1.75. The minimum Gasteiger partial charge on any atom is -0.364 e. The van der Waals surface area contributed by atoms with Crippen molar-refractivity contribution >= 4 is 22.6 Å². The second kappa shape index (κ2) is 5.80. The van der Waals surface area contributed by atoms with Crippen LogP contribution >= 0.6 is 0 Å². The normalized spacial score (nSPS) is 20.4. The molecule has 0 aliphatic carbocycles. The lowest BCUT2D eigenvalue weighted by Gasteiger charge is -2.26. The minimum atomic E-state index is -0.393. The van der Waals surface area contributed by atoms with Crippen LogP contribution in [0, 0.1) is 5.82 Å². The Bertz CT molecular complexity index is 950. The van der Waals surface area contributed by atoms with Crippen molar-refractivity contribution in [3.63, 3.8) is 0 Å². The van der Waals surface area contributed by atoms with Gasteiger partial charge in [-0.3, -0.25) is 9.48 Å². The second-order valence-electron chi connectivity index (χ2n) is 6.14. The quantitative estimate of drug-likeness (QED) is 0.788. The second-order valence-corrected chi connectivity index (χ2v) is 6.14. The minimum absolute atomic E-state index is 0.0162. The number of hydrogen-bond donors (Lipinski definition) is 1. The Hall–Kier alpha value is -3.03. The van der Waals surface area contributed by atoms with Crippen LogP contribution in [0.3, 0.4) is 0 Å². The van der Waals surface area contributed by atoms with Crippen molar-refractivity contribution in [1.82, 2.24) is 24.6 Å². The highest BCUT2D eigenvalue weighted by Gasteiger charge is 2.40. The van der Waals surface area contributed by atoms with Gasteiger partial charge in [0.15, 0.2) is 0 Å². The Morgan fingerprint density at radius 2 is 2.08 bits per heavy atom. The van der Waals surface area contributed by atoms with Crippen LogP contribution in [0.25, 0.3) is 10.9 Å². The van der Waals surface area contributed by atoms with Crippen molar-refractivity contribution in [2.75, 3.05) is 12.4 Å². The average Bonchev–Trinajstić information content (AvgIpc) is 3.11. The Morgan fingerprint density at radius 1 is 1.24 bits per heavy atom. The number of anilines is 1. The standard InChI is InChI=1S/C17H17FN6O/c1-23-14(25)8-12(16(23)13-6-7-21-24(13)2)22-17-15-10(18)4-3-5-11(15)19-9-20-17/h3-7,9,12,16H,8H2,1-2H3,(H,19,20,22)/t12-,16-/m1/s1. The first-order valence-electron chi connectivity index (χ1n) is 7.95. The van der Waals surface area contributed by atoms with E-state index < -0.39 is 5.82 Å². The first kappa shape index (κ1) is 15.5. The molecule has 25 heavy (non-hydrogen) atoms. The largest absolute Gasteiger partial charge is 0.364 e. The van der Waals surface area contributed by atoms with E-state index >= 15 is 0 Å². The van der Waals surface area contributed by atoms with Gasteiger partial charge < -0.3 is 10.2 Å². The Morgan fingerprint density at radius 3 is 2.84 bits per heavy atom. The molecule has 1 aliphatic heterocycles. The zero-order chi connectivity index (χ0) is 17.6. The van der Waals surface area contributed by atoms with Crippen molar-refractivity contribution < 1.29 is 9.18 Å². The molecule has 3 heterocycles. The van der Waals surface area contributed by atoms with Crippen LogP contribution < -0.4 is 5.32 Å². The van der Waals surface area contributed by atoms with Crippen LogP contribution in [-0.2, 0) is 11.8 Å². The third-order valence-electron chi connectivity index (χ3n) is 4.68. The molecule has 2 atom stereocenters. The van der Waals surface area contributed by atoms with E-state index in [0.717, 1.165) is 5.69 Å². The third-order valence-corrected chi connectivity index (χ3v) is 4.68. The van der Waals surface area contributed by atoms with E-state index in [1.54, 1.807) is 35.0 Å². The number of hydrogen-bond acceptors (Lipinski definition) is 5. The molecule has 1 fully saturated rings. The van der Waals surface area contributed by atoms with Gasteiger partial charge in [-0.15, -0.1) is 0 Å². The number of rotatable bonds is 3. The topological polar surface area (TPSA) is 75.9 Å². The van der Waals surface area contributed by atoms with Gasteiger partial charge in [0, 0.05) is 26.7 Å². The van der Waals surface area contributed by atoms with Gasteiger partial charge in [0.25, 0.3) is 0 Å². The summed E-state index contributed by atoms with van der Waals surface area (Å²) in [5.41, 5.74) is 1.43. The number of fused-ring (bicyclic) bond motifs is 1. The monoisotopic (exact) mass is 340 g/mol. The van der Waals surface area contributed by atoms with Gasteiger partial charge in [-0.2, -0.15) is 5.10 Å². The molecule has 1 N–H and O–H groups in total. The highest BCUT2D eigenvalue weighted by Crippen LogP contribution is 2.34. The lowest BCUT2D eigenvalue weighted by atomic mass is 10.1. The Labute approximate surface area is 143 Å². The van der Waals surface area contributed by atoms with Crippen LogP contribution in [-0.4, -0.2) is 43.6 Å². The van der Waals surface area contributed by atoms with E-state index in [9.17, 15) is 9.18 Å². The number of carbonyl (C=O) groups excluding carboxylic acids is 1. The van der Waals surface area contributed by atoms with Crippen molar-refractivity contribution in [2.24, 2.45) is 7.05 Å². The number of likely N-dealkylation sites (tertiary alicyclic amines) is 1. The molecule has 0 spiro atoms. The number of benzene rings is 1. The fourth-order valence-electron chi connectivity index (χ4n) is 3.43. The predicted octanol–water partition coefficient (Wildman–Crippen LogP) is 1.89. The molecule has 8 heteroatoms. The Kier molecular flexibility index (Phi) is 3.60. The van der Waals surface area contributed by atoms with E-state index in [0.29, 0.717) is 23.1 Å². The summed E-state index contributed by atoms with van der Waals surface area (Å²) in [6, 6.07) is 6.15. The van der Waals surface area contributed by atoms with Crippen LogP contribution in [0.5, 0.6) is 0 Å². The summed E-state index contributed by atoms with van der Waals surface area (Å²) in [4.78, 5) is 22.3. The van der Waals surface area contributed by atoms with Gasteiger partial charge in [-0.05, 0) is 18.2 Å². The molecule has 1 aromatic carbocycles. The highest BCUT2D eigenvalue weighted by molar-refractivity contribution is 5.90. The van der Waals surface area contributed by atoms with E-state index in [-0.39, 0.29) is 18.0 Å². The maximum atomic E-state index is 14.3. The van der Waals surface area contributed by atoms with Crippen LogP contribution in [0.4, 0.5) is 10.2 Å². The summed E-state index contributed by atoms with van der Waals surface area (Å²) in [6.45, 7) is 0. The smallest absolute Gasteiger partial charge is 0.225 e. The fourth-order valence-corrected chi connectivity index (χ4v) is 3.43. The maximum absolute atomic E-state index is 14.3. The van der Waals surface area contributed by atoms with Crippen molar-refractivity contribution in [3.8, 4) is 0 Å². The lowest BCUT2D eigenvalue weighted by molar-refractivity contribution is -0.127. The van der Waals surface area contributed by atoms with Gasteiger partial charge >= 0.3 is 0 Å². The fraction of sp³-hybridized carbons (Fsp3) is 0.294. The summed E-state index contributed by atoms with van der Waals surface area (Å²) in [7, 11) is 3.60. The van der Waals surface area contributed by atoms with Gasteiger partial charge in [-0.25, -0.2) is 14.4 Å². The number of carbonyl (C=O) groups is 1. The first-order valence-corrected chi connectivity index (χ1v) is 7.95. The molecule has 0 bridgehead atoms. The zero-order valence-electron chi connectivity index (χ0n) is 13.8. The molecule has 2 aromatic heterocycles. The predicted molar refractivity (Wildman–Crippen MR) is 90.2 cm³/mol. The summed E-state index contributed by atoms with van der Waals surface area (Å²) in [6.07, 6.45) is 3.39. The number of likely N-dealkylation sites (N-methyl/N-ethyl adjacent to an activating group) is 1. The van der Waals surface area contributed by atoms with Gasteiger partial charge in [0.1, 0.15) is 18.0 Å². The van der Waals surface area contributed by atoms with E-state index in [1.807, 2.05) is 13.1 Å². The van der Waals surface area contributed by atoms with E-state index in [2.05, 4.69) is 20.4 Å². The highest BCUT2D eigenvalue weighted by atomic mass is 19.1. The molecule has 0 radical (unpaired) electrons. The number of halogens is 1. The number of aryl methyl sites for hydroxylation is 1. The van der Waals surface area contributed by atoms with Gasteiger partial charge in [0.05, 0.1) is 28.7 Å². The van der Waals surface area contributed by atoms with Crippen LogP contribution in [0.1, 0.15) is 18.2 Å². The zero-order valence-corrected chi connectivity index (χ0v) is 13.8. The van der Waals surface area contributed by atoms with Crippen LogP contribution in [0.15, 0.2) is 36.8 Å². The third kappa shape index (κ3) is 2.50. The number of nitrogens with one attached hydrogen (secondary N) is 1. The van der Waals surface area contributed by atoms with Crippen molar-refractivity contribution in [1.29, 1.82) is 0 Å². The van der Waals surface area contributed by atoms with Gasteiger partial charge in [0.2, 0.25) is 5.91 Å². The average molecular weight is 340 g/mol. The molecule has 0 saturated carbocycles. The summed E-state index contributed by atoms with van der Waals surface area (Å²) < 4.78 is 16.0. The van der Waals surface area contributed by atoms with E-state index in [1.165, 1.54) is 12.4 Å².